The molecule has 226 valence electrons. The van der Waals surface area contributed by atoms with Gasteiger partial charge in [-0.25, -0.2) is 13.2 Å². The van der Waals surface area contributed by atoms with Crippen LogP contribution >= 0.6 is 0 Å². The lowest BCUT2D eigenvalue weighted by atomic mass is 9.86. The van der Waals surface area contributed by atoms with Crippen molar-refractivity contribution >= 4 is 21.7 Å². The number of halogens is 3. The highest BCUT2D eigenvalue weighted by Crippen LogP contribution is 2.30. The first-order chi connectivity index (χ1) is 19.5. The van der Waals surface area contributed by atoms with E-state index < -0.39 is 22.1 Å². The zero-order valence-corrected chi connectivity index (χ0v) is 24.4. The highest BCUT2D eigenvalue weighted by atomic mass is 32.2. The molecule has 1 aliphatic carbocycles. The summed E-state index contributed by atoms with van der Waals surface area (Å²) < 4.78 is 69.5. The van der Waals surface area contributed by atoms with Gasteiger partial charge in [0.1, 0.15) is 5.75 Å². The number of alkyl halides is 3. The second-order valence-corrected chi connectivity index (χ2v) is 12.4. The van der Waals surface area contributed by atoms with Crippen molar-refractivity contribution in [3.05, 3.63) is 53.6 Å². The third-order valence-corrected chi connectivity index (χ3v) is 9.27. The summed E-state index contributed by atoms with van der Waals surface area (Å²) in [5.41, 5.74) is 2.70. The number of fused-ring (bicyclic) bond motifs is 1. The summed E-state index contributed by atoms with van der Waals surface area (Å²) in [4.78, 5) is 16.5. The summed E-state index contributed by atoms with van der Waals surface area (Å²) >= 11 is 0. The molecule has 1 unspecified atom stereocenters. The Hall–Kier alpha value is -2.99. The Balaban J connectivity index is 1.35. The number of anilines is 1. The standard InChI is InChI=1S/C29H39F3N4O4S/c1-3-15-33-28(37)36-16-13-21(14-17-36)20-35(4-2)25-8-6-22-5-7-24(18-23(22)19-25)34-41(38,39)27-11-9-26(10-12-27)40-29(30,31)32/h5,7,9-12,18,21,25,34H,3-4,6,8,13-17,19-20H2,1-2H3,(H,33,37). The van der Waals surface area contributed by atoms with Crippen molar-refractivity contribution < 1.29 is 31.1 Å². The molecule has 1 fully saturated rings. The van der Waals surface area contributed by atoms with Gasteiger partial charge in [-0.1, -0.05) is 19.9 Å². The van der Waals surface area contributed by atoms with Crippen molar-refractivity contribution in [2.45, 2.75) is 69.7 Å². The minimum absolute atomic E-state index is 0.0282. The summed E-state index contributed by atoms with van der Waals surface area (Å²) in [6, 6.07) is 10.0. The summed E-state index contributed by atoms with van der Waals surface area (Å²) in [7, 11) is -4.00. The molecule has 41 heavy (non-hydrogen) atoms. The zero-order chi connectivity index (χ0) is 29.6. The fourth-order valence-corrected chi connectivity index (χ4v) is 6.73. The van der Waals surface area contributed by atoms with Gasteiger partial charge in [-0.3, -0.25) is 4.72 Å². The molecule has 4 rings (SSSR count). The van der Waals surface area contributed by atoms with Crippen LogP contribution in [0.25, 0.3) is 0 Å². The number of likely N-dealkylation sites (N-methyl/N-ethyl adjacent to an activating group) is 1. The number of carbonyl (C=O) groups excluding carboxylic acids is 1. The van der Waals surface area contributed by atoms with Crippen molar-refractivity contribution in [1.29, 1.82) is 0 Å². The van der Waals surface area contributed by atoms with Gasteiger partial charge >= 0.3 is 12.4 Å². The maximum atomic E-state index is 12.9. The smallest absolute Gasteiger partial charge is 0.406 e. The summed E-state index contributed by atoms with van der Waals surface area (Å²) in [5, 5.41) is 2.96. The van der Waals surface area contributed by atoms with Gasteiger partial charge in [0.2, 0.25) is 0 Å². The number of likely N-dealkylation sites (tertiary alicyclic amines) is 1. The molecular weight excluding hydrogens is 557 g/mol. The Morgan fingerprint density at radius 3 is 2.39 bits per heavy atom. The van der Waals surface area contributed by atoms with E-state index in [-0.39, 0.29) is 10.9 Å². The van der Waals surface area contributed by atoms with Crippen molar-refractivity contribution in [2.75, 3.05) is 37.4 Å². The van der Waals surface area contributed by atoms with E-state index in [1.165, 1.54) is 5.56 Å². The number of nitrogens with zero attached hydrogens (tertiary/aromatic N) is 2. The minimum atomic E-state index is -4.85. The third-order valence-electron chi connectivity index (χ3n) is 7.87. The predicted octanol–water partition coefficient (Wildman–Crippen LogP) is 5.40. The van der Waals surface area contributed by atoms with Gasteiger partial charge in [-0.2, -0.15) is 0 Å². The molecular formula is C29H39F3N4O4S. The lowest BCUT2D eigenvalue weighted by molar-refractivity contribution is -0.274. The van der Waals surface area contributed by atoms with Crippen LogP contribution in [0.1, 0.15) is 50.7 Å². The Labute approximate surface area is 240 Å². The number of aryl methyl sites for hydroxylation is 1. The Morgan fingerprint density at radius 1 is 1.05 bits per heavy atom. The van der Waals surface area contributed by atoms with Crippen molar-refractivity contribution in [3.8, 4) is 5.75 Å². The van der Waals surface area contributed by atoms with Gasteiger partial charge in [0.05, 0.1) is 4.90 Å². The second-order valence-electron chi connectivity index (χ2n) is 10.8. The van der Waals surface area contributed by atoms with E-state index in [4.69, 9.17) is 0 Å². The molecule has 0 bridgehead atoms. The molecule has 1 heterocycles. The van der Waals surface area contributed by atoms with E-state index in [0.29, 0.717) is 24.2 Å². The molecule has 1 saturated heterocycles. The molecule has 1 aliphatic heterocycles. The molecule has 1 atom stereocenters. The Morgan fingerprint density at radius 2 is 1.76 bits per heavy atom. The quantitative estimate of drug-likeness (QED) is 0.384. The Kier molecular flexibility index (Phi) is 10.1. The number of sulfonamides is 1. The van der Waals surface area contributed by atoms with Crippen LogP contribution in [-0.2, 0) is 22.9 Å². The predicted molar refractivity (Wildman–Crippen MR) is 151 cm³/mol. The first-order valence-corrected chi connectivity index (χ1v) is 15.7. The largest absolute Gasteiger partial charge is 0.573 e. The van der Waals surface area contributed by atoms with E-state index in [1.54, 1.807) is 6.07 Å². The lowest BCUT2D eigenvalue weighted by Crippen LogP contribution is -2.47. The number of amides is 2. The van der Waals surface area contributed by atoms with Crippen LogP contribution in [-0.4, -0.2) is 69.4 Å². The lowest BCUT2D eigenvalue weighted by Gasteiger charge is -2.39. The van der Waals surface area contributed by atoms with Crippen LogP contribution in [0.2, 0.25) is 0 Å². The molecule has 8 nitrogen and oxygen atoms in total. The number of nitrogens with one attached hydrogen (secondary N) is 2. The maximum absolute atomic E-state index is 12.9. The molecule has 12 heteroatoms. The first kappa shape index (κ1) is 31.0. The Bertz CT molecular complexity index is 1280. The summed E-state index contributed by atoms with van der Waals surface area (Å²) in [5.74, 6) is 0.0393. The first-order valence-electron chi connectivity index (χ1n) is 14.2. The average molecular weight is 597 g/mol. The van der Waals surface area contributed by atoms with E-state index in [1.807, 2.05) is 24.0 Å². The molecule has 0 aromatic heterocycles. The monoisotopic (exact) mass is 596 g/mol. The zero-order valence-electron chi connectivity index (χ0n) is 23.5. The van der Waals surface area contributed by atoms with E-state index >= 15 is 0 Å². The molecule has 2 amide bonds. The van der Waals surface area contributed by atoms with Crippen molar-refractivity contribution in [2.24, 2.45) is 5.92 Å². The number of hydrogen-bond acceptors (Lipinski definition) is 5. The van der Waals surface area contributed by atoms with Gasteiger partial charge in [0, 0.05) is 37.9 Å². The number of carbonyl (C=O) groups is 1. The normalized spacial score (nSPS) is 18.2. The number of rotatable bonds is 10. The summed E-state index contributed by atoms with van der Waals surface area (Å²) in [6.07, 6.45) is 0.764. The molecule has 2 N–H and O–H groups in total. The van der Waals surface area contributed by atoms with Gasteiger partial charge in [-0.05, 0) is 98.5 Å². The number of hydrogen-bond donors (Lipinski definition) is 2. The number of benzene rings is 2. The van der Waals surface area contributed by atoms with E-state index in [9.17, 15) is 26.4 Å². The fraction of sp³-hybridized carbons (Fsp3) is 0.552. The van der Waals surface area contributed by atoms with Crippen LogP contribution in [0.15, 0.2) is 47.4 Å². The fourth-order valence-electron chi connectivity index (χ4n) is 5.68. The third kappa shape index (κ3) is 8.51. The van der Waals surface area contributed by atoms with Gasteiger partial charge in [0.15, 0.2) is 0 Å². The van der Waals surface area contributed by atoms with E-state index in [2.05, 4.69) is 26.6 Å². The number of ether oxygens (including phenoxy) is 1. The van der Waals surface area contributed by atoms with Crippen LogP contribution in [0, 0.1) is 5.92 Å². The highest BCUT2D eigenvalue weighted by molar-refractivity contribution is 7.92. The van der Waals surface area contributed by atoms with E-state index in [0.717, 1.165) is 94.5 Å². The van der Waals surface area contributed by atoms with Gasteiger partial charge in [-0.15, -0.1) is 13.2 Å². The average Bonchev–Trinajstić information content (AvgIpc) is 2.93. The summed E-state index contributed by atoms with van der Waals surface area (Å²) in [6.45, 7) is 8.33. The molecule has 0 spiro atoms. The molecule has 2 aliphatic rings. The second kappa shape index (κ2) is 13.3. The minimum Gasteiger partial charge on any atom is -0.406 e. The maximum Gasteiger partial charge on any atom is 0.573 e. The topological polar surface area (TPSA) is 91.0 Å². The molecule has 2 aromatic rings. The van der Waals surface area contributed by atoms with Crippen molar-refractivity contribution in [1.82, 2.24) is 15.1 Å². The number of piperidine rings is 1. The van der Waals surface area contributed by atoms with Gasteiger partial charge in [0.25, 0.3) is 10.0 Å². The highest BCUT2D eigenvalue weighted by Gasteiger charge is 2.31. The molecule has 0 radical (unpaired) electrons. The van der Waals surface area contributed by atoms with Crippen LogP contribution in [0.5, 0.6) is 5.75 Å². The molecule has 2 aromatic carbocycles. The van der Waals surface area contributed by atoms with Crippen LogP contribution < -0.4 is 14.8 Å². The van der Waals surface area contributed by atoms with Crippen LogP contribution in [0.3, 0.4) is 0 Å². The van der Waals surface area contributed by atoms with Crippen molar-refractivity contribution in [3.63, 3.8) is 0 Å². The van der Waals surface area contributed by atoms with Gasteiger partial charge < -0.3 is 19.9 Å². The SMILES string of the molecule is CCCNC(=O)N1CCC(CN(CC)C2CCc3ccc(NS(=O)(=O)c4ccc(OC(F)(F)F)cc4)cc3C2)CC1. The molecule has 0 saturated carbocycles. The van der Waals surface area contributed by atoms with Crippen LogP contribution in [0.4, 0.5) is 23.7 Å². The number of urea groups is 1.